The van der Waals surface area contributed by atoms with Crippen LogP contribution < -0.4 is 20.4 Å². The van der Waals surface area contributed by atoms with Gasteiger partial charge in [0, 0.05) is 45.7 Å². The molecular weight excluding hydrogens is 648 g/mol. The minimum absolute atomic E-state index is 0.0194. The summed E-state index contributed by atoms with van der Waals surface area (Å²) in [6.07, 6.45) is 7.92. The van der Waals surface area contributed by atoms with E-state index in [9.17, 15) is 44.4 Å². The Bertz CT molecular complexity index is 1740. The predicted octanol–water partition coefficient (Wildman–Crippen LogP) is -1.18. The Morgan fingerprint density at radius 1 is 0.700 bits per heavy atom. The number of aromatic nitrogens is 2. The standard InChI is InChI=1S/C28H30N4O2.2C4H4O4/c33-26(27-13-7-21-34-27)14-16-32-25-12-5-4-11-24(25)29-28(32)22-31-19-17-30(18-20-31)15-6-10-23-8-2-1-3-9-23;2*5-3(6)1-2-4(7)8/h1-13,21H,14-20,22H2;2*1-2H,(H,5,6)(H,7,8)/p-4/b10-6+;2*2-1-. The van der Waals surface area contributed by atoms with Crippen LogP contribution in [0.5, 0.6) is 0 Å². The summed E-state index contributed by atoms with van der Waals surface area (Å²) < 4.78 is 7.47. The highest BCUT2D eigenvalue weighted by molar-refractivity contribution is 5.93. The van der Waals surface area contributed by atoms with E-state index in [1.165, 1.54) is 5.56 Å². The number of aliphatic carboxylic acids is 4. The average Bonchev–Trinajstić information content (AvgIpc) is 3.76. The highest BCUT2D eigenvalue weighted by atomic mass is 16.4. The van der Waals surface area contributed by atoms with Crippen molar-refractivity contribution in [1.82, 2.24) is 19.4 Å². The number of hydrogen-bond donors (Lipinski definition) is 0. The largest absolute Gasteiger partial charge is 0.545 e. The van der Waals surface area contributed by atoms with Gasteiger partial charge in [0.25, 0.3) is 0 Å². The molecule has 50 heavy (non-hydrogen) atoms. The molecular formula is C36H34N4O10-4. The van der Waals surface area contributed by atoms with Gasteiger partial charge in [0.2, 0.25) is 0 Å². The van der Waals surface area contributed by atoms with E-state index in [0.717, 1.165) is 56.1 Å². The molecule has 14 heteroatoms. The second-order valence-corrected chi connectivity index (χ2v) is 10.7. The Morgan fingerprint density at radius 2 is 1.26 bits per heavy atom. The first-order chi connectivity index (χ1) is 24.0. The fourth-order valence-corrected chi connectivity index (χ4v) is 4.77. The first-order valence-corrected chi connectivity index (χ1v) is 15.4. The van der Waals surface area contributed by atoms with Crippen LogP contribution in [0.1, 0.15) is 28.4 Å². The number of benzene rings is 2. The van der Waals surface area contributed by atoms with Gasteiger partial charge in [-0.2, -0.15) is 0 Å². The van der Waals surface area contributed by atoms with Gasteiger partial charge in [0.1, 0.15) is 5.82 Å². The molecule has 0 spiro atoms. The van der Waals surface area contributed by atoms with Crippen molar-refractivity contribution in [1.29, 1.82) is 0 Å². The van der Waals surface area contributed by atoms with Crippen LogP contribution in [0.4, 0.5) is 0 Å². The molecule has 0 atom stereocenters. The lowest BCUT2D eigenvalue weighted by atomic mass is 10.2. The lowest BCUT2D eigenvalue weighted by Gasteiger charge is -2.34. The van der Waals surface area contributed by atoms with Crippen LogP contribution >= 0.6 is 0 Å². The third-order valence-corrected chi connectivity index (χ3v) is 7.11. The summed E-state index contributed by atoms with van der Waals surface area (Å²) in [7, 11) is 0. The summed E-state index contributed by atoms with van der Waals surface area (Å²) in [4.78, 5) is 60.0. The molecule has 14 nitrogen and oxygen atoms in total. The summed E-state index contributed by atoms with van der Waals surface area (Å²) in [5, 5.41) is 37.7. The van der Waals surface area contributed by atoms with Gasteiger partial charge in [-0.15, -0.1) is 0 Å². The van der Waals surface area contributed by atoms with Crippen LogP contribution in [0, 0.1) is 0 Å². The molecule has 0 amide bonds. The van der Waals surface area contributed by atoms with Gasteiger partial charge in [0.15, 0.2) is 11.5 Å². The quantitative estimate of drug-likeness (QED) is 0.120. The normalized spacial score (nSPS) is 13.5. The number of carbonyl (C=O) groups is 5. The van der Waals surface area contributed by atoms with Crippen molar-refractivity contribution >= 4 is 46.8 Å². The number of furan rings is 1. The van der Waals surface area contributed by atoms with Gasteiger partial charge in [-0.1, -0.05) is 54.6 Å². The van der Waals surface area contributed by atoms with E-state index in [1.807, 2.05) is 24.3 Å². The highest BCUT2D eigenvalue weighted by Crippen LogP contribution is 2.19. The zero-order valence-corrected chi connectivity index (χ0v) is 26.9. The van der Waals surface area contributed by atoms with Crippen molar-refractivity contribution in [3.05, 3.63) is 121 Å². The molecule has 0 saturated carbocycles. The number of carboxylic acids is 4. The third-order valence-electron chi connectivity index (χ3n) is 7.11. The number of nitrogens with zero attached hydrogens (tertiary/aromatic N) is 4. The molecule has 4 aromatic rings. The Balaban J connectivity index is 0.000000352. The van der Waals surface area contributed by atoms with Crippen molar-refractivity contribution in [2.45, 2.75) is 19.5 Å². The minimum atomic E-state index is -1.55. The molecule has 5 rings (SSSR count). The second-order valence-electron chi connectivity index (χ2n) is 10.7. The molecule has 0 bridgehead atoms. The number of fused-ring (bicyclic) bond motifs is 1. The number of piperazine rings is 1. The molecule has 1 aliphatic rings. The number of imidazole rings is 1. The third kappa shape index (κ3) is 13.9. The average molecular weight is 683 g/mol. The number of Topliss-reactive ketones (excluding diaryl/α,β-unsaturated/α-hetero) is 1. The topological polar surface area (TPSA) is 215 Å². The zero-order valence-electron chi connectivity index (χ0n) is 26.9. The lowest BCUT2D eigenvalue weighted by molar-refractivity contribution is -0.301. The molecule has 1 fully saturated rings. The van der Waals surface area contributed by atoms with E-state index >= 15 is 0 Å². The minimum Gasteiger partial charge on any atom is -0.545 e. The van der Waals surface area contributed by atoms with Crippen molar-refractivity contribution in [3.8, 4) is 0 Å². The number of carboxylic acid groups (broad SMARTS) is 4. The van der Waals surface area contributed by atoms with Crippen molar-refractivity contribution in [2.75, 3.05) is 32.7 Å². The summed E-state index contributed by atoms with van der Waals surface area (Å²) in [5.74, 6) is -4.73. The zero-order chi connectivity index (χ0) is 36.3. The van der Waals surface area contributed by atoms with Gasteiger partial charge in [-0.25, -0.2) is 4.98 Å². The molecule has 3 heterocycles. The molecule has 0 N–H and O–H groups in total. The Hall–Kier alpha value is -6.12. The maximum Gasteiger partial charge on any atom is 0.199 e. The molecule has 1 saturated heterocycles. The van der Waals surface area contributed by atoms with E-state index in [2.05, 4.69) is 56.9 Å². The fraction of sp³-hybridized carbons (Fsp3) is 0.222. The summed E-state index contributed by atoms with van der Waals surface area (Å²) >= 11 is 0. The monoisotopic (exact) mass is 682 g/mol. The first kappa shape index (κ1) is 38.3. The van der Waals surface area contributed by atoms with Crippen LogP contribution in [-0.2, 0) is 32.3 Å². The Morgan fingerprint density at radius 3 is 1.82 bits per heavy atom. The maximum atomic E-state index is 12.5. The second kappa shape index (κ2) is 20.3. The van der Waals surface area contributed by atoms with Crippen LogP contribution in [0.2, 0.25) is 0 Å². The molecule has 0 unspecified atom stereocenters. The van der Waals surface area contributed by atoms with E-state index < -0.39 is 23.9 Å². The van der Waals surface area contributed by atoms with Crippen LogP contribution in [0.25, 0.3) is 17.1 Å². The van der Waals surface area contributed by atoms with Crippen molar-refractivity contribution in [2.24, 2.45) is 0 Å². The predicted molar refractivity (Wildman–Crippen MR) is 173 cm³/mol. The lowest BCUT2D eigenvalue weighted by Crippen LogP contribution is -2.46. The molecule has 0 radical (unpaired) electrons. The summed E-state index contributed by atoms with van der Waals surface area (Å²) in [5.41, 5.74) is 3.30. The fourth-order valence-electron chi connectivity index (χ4n) is 4.77. The molecule has 0 aliphatic carbocycles. The number of aryl methyl sites for hydroxylation is 1. The maximum absolute atomic E-state index is 12.5. The van der Waals surface area contributed by atoms with E-state index in [1.54, 1.807) is 18.4 Å². The van der Waals surface area contributed by atoms with Gasteiger partial charge in [0.05, 0.1) is 47.7 Å². The van der Waals surface area contributed by atoms with Gasteiger partial charge < -0.3 is 48.6 Å². The van der Waals surface area contributed by atoms with Crippen LogP contribution in [-0.4, -0.2) is 81.7 Å². The number of hydrogen-bond acceptors (Lipinski definition) is 13. The van der Waals surface area contributed by atoms with Crippen molar-refractivity contribution < 1.29 is 48.8 Å². The SMILES string of the molecule is O=C(CCn1c(CN2CCN(C/C=C/c3ccccc3)CC2)nc2ccccc21)c1ccco1.O=C([O-])/C=C\C(=O)[O-].O=C([O-])/C=C\C(=O)[O-]. The molecule has 2 aromatic carbocycles. The van der Waals surface area contributed by atoms with E-state index in [4.69, 9.17) is 9.40 Å². The van der Waals surface area contributed by atoms with E-state index in [0.29, 0.717) is 43.0 Å². The smallest absolute Gasteiger partial charge is 0.199 e. The van der Waals surface area contributed by atoms with Crippen molar-refractivity contribution in [3.63, 3.8) is 0 Å². The number of carbonyl (C=O) groups excluding carboxylic acids is 5. The van der Waals surface area contributed by atoms with Crippen LogP contribution in [0.15, 0.2) is 108 Å². The number of ketones is 1. The van der Waals surface area contributed by atoms with E-state index in [-0.39, 0.29) is 5.78 Å². The number of para-hydroxylation sites is 2. The number of rotatable bonds is 13. The Labute approximate surface area is 287 Å². The van der Waals surface area contributed by atoms with Gasteiger partial charge in [-0.3, -0.25) is 14.6 Å². The first-order valence-electron chi connectivity index (χ1n) is 15.4. The Kier molecular flexibility index (Phi) is 15.6. The molecule has 1 aliphatic heterocycles. The van der Waals surface area contributed by atoms with Gasteiger partial charge in [-0.05, 0) is 54.1 Å². The molecule has 262 valence electrons. The summed E-state index contributed by atoms with van der Waals surface area (Å²) in [6, 6.07) is 22.1. The molecule has 2 aromatic heterocycles. The highest BCUT2D eigenvalue weighted by Gasteiger charge is 2.20. The van der Waals surface area contributed by atoms with Crippen LogP contribution in [0.3, 0.4) is 0 Å². The van der Waals surface area contributed by atoms with Gasteiger partial charge >= 0.3 is 0 Å². The summed E-state index contributed by atoms with van der Waals surface area (Å²) in [6.45, 7) is 6.45.